The van der Waals surface area contributed by atoms with Crippen molar-refractivity contribution in [2.24, 2.45) is 0 Å². The van der Waals surface area contributed by atoms with Crippen molar-refractivity contribution in [2.45, 2.75) is 84.0 Å². The third-order valence-corrected chi connectivity index (χ3v) is 3.56. The molecule has 3 heteroatoms. The predicted octanol–water partition coefficient (Wildman–Crippen LogP) is 4.67. The van der Waals surface area contributed by atoms with Gasteiger partial charge in [0.1, 0.15) is 6.79 Å². The van der Waals surface area contributed by atoms with Crippen molar-refractivity contribution in [3.05, 3.63) is 0 Å². The summed E-state index contributed by atoms with van der Waals surface area (Å²) in [5.74, 6) is 0. The highest BCUT2D eigenvalue weighted by atomic mass is 16.6. The average Bonchev–Trinajstić information content (AvgIpc) is 3.04. The Morgan fingerprint density at radius 2 is 1.30 bits per heavy atom. The van der Waals surface area contributed by atoms with Crippen molar-refractivity contribution in [2.75, 3.05) is 26.6 Å². The van der Waals surface area contributed by atoms with E-state index in [4.69, 9.17) is 14.6 Å². The van der Waals surface area contributed by atoms with E-state index in [0.29, 0.717) is 6.61 Å². The van der Waals surface area contributed by atoms with Gasteiger partial charge in [0.25, 0.3) is 0 Å². The average molecular weight is 288 g/mol. The number of rotatable bonds is 12. The highest BCUT2D eigenvalue weighted by molar-refractivity contribution is 4.47. The topological polar surface area (TPSA) is 38.7 Å². The Morgan fingerprint density at radius 1 is 0.800 bits per heavy atom. The fraction of sp³-hybridized carbons (Fsp3) is 1.00. The summed E-state index contributed by atoms with van der Waals surface area (Å²) in [4.78, 5) is 0. The molecule has 1 rings (SSSR count). The molecule has 1 N–H and O–H groups in total. The van der Waals surface area contributed by atoms with Crippen LogP contribution in [-0.2, 0) is 9.47 Å². The molecule has 0 aliphatic carbocycles. The van der Waals surface area contributed by atoms with Crippen LogP contribution in [0.3, 0.4) is 0 Å². The van der Waals surface area contributed by atoms with E-state index >= 15 is 0 Å². The van der Waals surface area contributed by atoms with Crippen molar-refractivity contribution in [3.8, 4) is 0 Å². The molecule has 0 unspecified atom stereocenters. The summed E-state index contributed by atoms with van der Waals surface area (Å²) in [5, 5.41) is 8.39. The second kappa shape index (κ2) is 18.9. The molecule has 0 radical (unpaired) electrons. The van der Waals surface area contributed by atoms with Crippen molar-refractivity contribution >= 4 is 0 Å². The number of aliphatic hydroxyl groups is 1. The number of ether oxygens (including phenoxy) is 2. The molecule has 1 heterocycles. The summed E-state index contributed by atoms with van der Waals surface area (Å²) in [6.07, 6.45) is 16.0. The third-order valence-electron chi connectivity index (χ3n) is 3.56. The first kappa shape index (κ1) is 19.9. The Morgan fingerprint density at radius 3 is 1.70 bits per heavy atom. The molecule has 0 aromatic heterocycles. The molecule has 0 spiro atoms. The first-order valence-corrected chi connectivity index (χ1v) is 8.68. The molecular weight excluding hydrogens is 252 g/mol. The van der Waals surface area contributed by atoms with Crippen LogP contribution in [0, 0.1) is 0 Å². The lowest BCUT2D eigenvalue weighted by Gasteiger charge is -2.02. The second-order valence-electron chi connectivity index (χ2n) is 5.54. The van der Waals surface area contributed by atoms with Crippen LogP contribution in [-0.4, -0.2) is 31.7 Å². The highest BCUT2D eigenvalue weighted by Crippen LogP contribution is 2.10. The second-order valence-corrected chi connectivity index (χ2v) is 5.54. The van der Waals surface area contributed by atoms with Crippen molar-refractivity contribution in [1.82, 2.24) is 0 Å². The number of unbranched alkanes of at least 4 members (excludes halogenated alkanes) is 9. The summed E-state index contributed by atoms with van der Waals surface area (Å²) in [7, 11) is 0. The molecular formula is C17H36O3. The minimum atomic E-state index is -0.128. The van der Waals surface area contributed by atoms with Crippen LogP contribution >= 0.6 is 0 Å². The molecule has 1 fully saturated rings. The molecule has 0 amide bonds. The van der Waals surface area contributed by atoms with Gasteiger partial charge < -0.3 is 14.6 Å². The maximum atomic E-state index is 8.39. The van der Waals surface area contributed by atoms with Gasteiger partial charge in [-0.05, 0) is 19.3 Å². The molecule has 122 valence electrons. The quantitative estimate of drug-likeness (QED) is 0.419. The van der Waals surface area contributed by atoms with E-state index in [2.05, 4.69) is 6.92 Å². The van der Waals surface area contributed by atoms with Crippen LogP contribution < -0.4 is 0 Å². The van der Waals surface area contributed by atoms with Crippen molar-refractivity contribution < 1.29 is 14.6 Å². The molecule has 3 nitrogen and oxygen atoms in total. The van der Waals surface area contributed by atoms with Gasteiger partial charge in [0.15, 0.2) is 0 Å². The Balaban J connectivity index is 0.000000595. The van der Waals surface area contributed by atoms with E-state index in [0.717, 1.165) is 19.6 Å². The van der Waals surface area contributed by atoms with Crippen LogP contribution in [0.4, 0.5) is 0 Å². The lowest BCUT2D eigenvalue weighted by Crippen LogP contribution is -1.94. The van der Waals surface area contributed by atoms with E-state index in [1.165, 1.54) is 70.6 Å². The number of aliphatic hydroxyl groups excluding tert-OH is 1. The van der Waals surface area contributed by atoms with Gasteiger partial charge >= 0.3 is 0 Å². The zero-order valence-corrected chi connectivity index (χ0v) is 13.6. The van der Waals surface area contributed by atoms with Gasteiger partial charge in [-0.15, -0.1) is 0 Å². The van der Waals surface area contributed by atoms with Crippen LogP contribution in [0.1, 0.15) is 84.0 Å². The lowest BCUT2D eigenvalue weighted by atomic mass is 10.1. The summed E-state index contributed by atoms with van der Waals surface area (Å²) in [5.41, 5.74) is 0. The molecule has 1 aliphatic heterocycles. The molecule has 0 aromatic carbocycles. The van der Waals surface area contributed by atoms with Gasteiger partial charge in [-0.2, -0.15) is 0 Å². The predicted molar refractivity (Wildman–Crippen MR) is 84.9 cm³/mol. The molecule has 20 heavy (non-hydrogen) atoms. The van der Waals surface area contributed by atoms with Crippen molar-refractivity contribution in [1.29, 1.82) is 0 Å². The van der Waals surface area contributed by atoms with Crippen LogP contribution in [0.25, 0.3) is 0 Å². The van der Waals surface area contributed by atoms with Crippen LogP contribution in [0.15, 0.2) is 0 Å². The van der Waals surface area contributed by atoms with Gasteiger partial charge in [-0.25, -0.2) is 0 Å². The van der Waals surface area contributed by atoms with Gasteiger partial charge in [0, 0.05) is 19.8 Å². The summed E-state index contributed by atoms with van der Waals surface area (Å²) >= 11 is 0. The normalized spacial score (nSPS) is 14.1. The monoisotopic (exact) mass is 288 g/mol. The SMILES string of the molecule is C1CCOC1.CCCCCCCCCCCCOCO. The zero-order chi connectivity index (χ0) is 14.7. The van der Waals surface area contributed by atoms with Gasteiger partial charge in [-0.3, -0.25) is 0 Å². The van der Waals surface area contributed by atoms with Crippen LogP contribution in [0.5, 0.6) is 0 Å². The molecule has 0 bridgehead atoms. The Kier molecular flexibility index (Phi) is 18.8. The first-order valence-electron chi connectivity index (χ1n) is 8.68. The third kappa shape index (κ3) is 17.9. The Bertz CT molecular complexity index is 139. The Hall–Kier alpha value is -0.120. The zero-order valence-electron chi connectivity index (χ0n) is 13.6. The number of hydrogen-bond acceptors (Lipinski definition) is 3. The molecule has 0 saturated carbocycles. The lowest BCUT2D eigenvalue weighted by molar-refractivity contribution is -0.00284. The van der Waals surface area contributed by atoms with Crippen LogP contribution in [0.2, 0.25) is 0 Å². The van der Waals surface area contributed by atoms with E-state index in [1.54, 1.807) is 0 Å². The molecule has 0 aromatic rings. The van der Waals surface area contributed by atoms with E-state index in [1.807, 2.05) is 0 Å². The standard InChI is InChI=1S/C13H28O2.C4H8O/c1-2-3-4-5-6-7-8-9-10-11-12-15-13-14;1-2-4-5-3-1/h14H,2-13H2,1H3;1-4H2. The van der Waals surface area contributed by atoms with Gasteiger partial charge in [0.05, 0.1) is 0 Å². The smallest absolute Gasteiger partial charge is 0.143 e. The first-order chi connectivity index (χ1) is 9.91. The summed E-state index contributed by atoms with van der Waals surface area (Å²) in [6.45, 7) is 4.85. The summed E-state index contributed by atoms with van der Waals surface area (Å²) < 4.78 is 9.81. The maximum Gasteiger partial charge on any atom is 0.143 e. The molecule has 1 aliphatic rings. The largest absolute Gasteiger partial charge is 0.381 e. The minimum Gasteiger partial charge on any atom is -0.381 e. The van der Waals surface area contributed by atoms with Gasteiger partial charge in [-0.1, -0.05) is 64.7 Å². The van der Waals surface area contributed by atoms with E-state index in [9.17, 15) is 0 Å². The highest BCUT2D eigenvalue weighted by Gasteiger charge is 1.95. The molecule has 1 saturated heterocycles. The number of hydrogen-bond donors (Lipinski definition) is 1. The van der Waals surface area contributed by atoms with Gasteiger partial charge in [0.2, 0.25) is 0 Å². The van der Waals surface area contributed by atoms with E-state index < -0.39 is 0 Å². The minimum absolute atomic E-state index is 0.128. The molecule has 0 atom stereocenters. The van der Waals surface area contributed by atoms with E-state index in [-0.39, 0.29) is 6.79 Å². The fourth-order valence-corrected chi connectivity index (χ4v) is 2.27. The summed E-state index contributed by atoms with van der Waals surface area (Å²) in [6, 6.07) is 0. The van der Waals surface area contributed by atoms with Crippen molar-refractivity contribution in [3.63, 3.8) is 0 Å². The maximum absolute atomic E-state index is 8.39. The fourth-order valence-electron chi connectivity index (χ4n) is 2.27. The Labute approximate surface area is 126 Å².